The molecule has 0 atom stereocenters. The van der Waals surface area contributed by atoms with Crippen molar-refractivity contribution in [2.75, 3.05) is 17.3 Å². The number of nitrogens with one attached hydrogen (secondary N) is 1. The van der Waals surface area contributed by atoms with E-state index in [2.05, 4.69) is 24.1 Å². The van der Waals surface area contributed by atoms with Gasteiger partial charge in [0.2, 0.25) is 5.91 Å². The molecule has 0 bridgehead atoms. The fraction of sp³-hybridized carbons (Fsp3) is 0.286. The molecule has 0 aliphatic heterocycles. The molecular formula is C21H23N3O2S2. The van der Waals surface area contributed by atoms with Crippen molar-refractivity contribution >= 4 is 46.0 Å². The monoisotopic (exact) mass is 413 g/mol. The maximum absolute atomic E-state index is 12.9. The second-order valence-electron chi connectivity index (χ2n) is 6.79. The smallest absolute Gasteiger partial charge is 0.262 e. The van der Waals surface area contributed by atoms with Crippen LogP contribution >= 0.6 is 23.5 Å². The molecule has 3 aromatic rings. The van der Waals surface area contributed by atoms with Gasteiger partial charge in [0.05, 0.1) is 16.7 Å². The Morgan fingerprint density at radius 3 is 2.71 bits per heavy atom. The number of carbonyl (C=O) groups is 1. The molecule has 0 saturated heterocycles. The summed E-state index contributed by atoms with van der Waals surface area (Å²) in [6, 6.07) is 15.0. The summed E-state index contributed by atoms with van der Waals surface area (Å²) in [4.78, 5) is 31.0. The van der Waals surface area contributed by atoms with Crippen LogP contribution in [0.4, 0.5) is 5.69 Å². The standard InChI is InChI=1S/C21H23N3O2S2/c1-14(2)12-24-20(26)17-9-4-5-10-18(17)23-21(24)28-13-19(25)22-15-7-6-8-16(11-15)27-3/h4-11,14H,12-13H2,1-3H3,(H,22,25). The van der Waals surface area contributed by atoms with Crippen LogP contribution in [0, 0.1) is 5.92 Å². The summed E-state index contributed by atoms with van der Waals surface area (Å²) in [6.07, 6.45) is 2.00. The molecule has 0 aliphatic carbocycles. The highest BCUT2D eigenvalue weighted by atomic mass is 32.2. The zero-order valence-corrected chi connectivity index (χ0v) is 17.8. The lowest BCUT2D eigenvalue weighted by molar-refractivity contribution is -0.113. The zero-order valence-electron chi connectivity index (χ0n) is 16.1. The van der Waals surface area contributed by atoms with E-state index in [1.54, 1.807) is 22.4 Å². The average Bonchev–Trinajstić information content (AvgIpc) is 2.68. The Bertz CT molecular complexity index is 1050. The Balaban J connectivity index is 1.80. The Morgan fingerprint density at radius 1 is 1.18 bits per heavy atom. The highest BCUT2D eigenvalue weighted by Crippen LogP contribution is 2.21. The Morgan fingerprint density at radius 2 is 1.96 bits per heavy atom. The van der Waals surface area contributed by atoms with Crippen LogP contribution in [-0.2, 0) is 11.3 Å². The third-order valence-electron chi connectivity index (χ3n) is 4.06. The van der Waals surface area contributed by atoms with Gasteiger partial charge < -0.3 is 5.32 Å². The molecule has 0 fully saturated rings. The summed E-state index contributed by atoms with van der Waals surface area (Å²) < 4.78 is 1.68. The summed E-state index contributed by atoms with van der Waals surface area (Å²) in [7, 11) is 0. The predicted octanol–water partition coefficient (Wildman–Crippen LogP) is 4.51. The summed E-state index contributed by atoms with van der Waals surface area (Å²) in [6.45, 7) is 4.68. The summed E-state index contributed by atoms with van der Waals surface area (Å²) in [5.74, 6) is 0.358. The number of amides is 1. The van der Waals surface area contributed by atoms with E-state index in [-0.39, 0.29) is 17.2 Å². The van der Waals surface area contributed by atoms with Gasteiger partial charge >= 0.3 is 0 Å². The van der Waals surface area contributed by atoms with E-state index in [1.807, 2.05) is 48.7 Å². The van der Waals surface area contributed by atoms with E-state index >= 15 is 0 Å². The van der Waals surface area contributed by atoms with Crippen molar-refractivity contribution in [3.63, 3.8) is 0 Å². The van der Waals surface area contributed by atoms with Crippen LogP contribution in [0.1, 0.15) is 13.8 Å². The van der Waals surface area contributed by atoms with E-state index in [1.165, 1.54) is 11.8 Å². The highest BCUT2D eigenvalue weighted by molar-refractivity contribution is 7.99. The van der Waals surface area contributed by atoms with Gasteiger partial charge in [-0.05, 0) is 42.5 Å². The normalized spacial score (nSPS) is 11.1. The molecule has 1 N–H and O–H groups in total. The molecule has 2 aromatic carbocycles. The molecule has 0 radical (unpaired) electrons. The van der Waals surface area contributed by atoms with Gasteiger partial charge in [-0.25, -0.2) is 4.98 Å². The molecule has 0 saturated carbocycles. The predicted molar refractivity (Wildman–Crippen MR) is 118 cm³/mol. The number of hydrogen-bond acceptors (Lipinski definition) is 5. The molecule has 1 amide bonds. The minimum atomic E-state index is -0.123. The van der Waals surface area contributed by atoms with Gasteiger partial charge in [-0.1, -0.05) is 43.8 Å². The first-order chi connectivity index (χ1) is 13.5. The Labute approximate surface area is 172 Å². The quantitative estimate of drug-likeness (QED) is 0.456. The summed E-state index contributed by atoms with van der Waals surface area (Å²) in [5, 5.41) is 4.09. The first-order valence-corrected chi connectivity index (χ1v) is 11.2. The van der Waals surface area contributed by atoms with Crippen LogP contribution in [-0.4, -0.2) is 27.5 Å². The number of carbonyl (C=O) groups excluding carboxylic acids is 1. The number of para-hydroxylation sites is 1. The fourth-order valence-electron chi connectivity index (χ4n) is 2.81. The molecule has 0 spiro atoms. The third-order valence-corrected chi connectivity index (χ3v) is 5.76. The van der Waals surface area contributed by atoms with Crippen molar-refractivity contribution in [3.05, 3.63) is 58.9 Å². The second kappa shape index (κ2) is 9.30. The molecule has 28 heavy (non-hydrogen) atoms. The minimum Gasteiger partial charge on any atom is -0.325 e. The van der Waals surface area contributed by atoms with Crippen LogP contribution in [0.3, 0.4) is 0 Å². The van der Waals surface area contributed by atoms with Crippen LogP contribution in [0.25, 0.3) is 10.9 Å². The van der Waals surface area contributed by atoms with Crippen LogP contribution in [0.5, 0.6) is 0 Å². The van der Waals surface area contributed by atoms with E-state index in [4.69, 9.17) is 0 Å². The van der Waals surface area contributed by atoms with Crippen LogP contribution in [0.2, 0.25) is 0 Å². The maximum atomic E-state index is 12.9. The lowest BCUT2D eigenvalue weighted by Gasteiger charge is -2.15. The number of anilines is 1. The lowest BCUT2D eigenvalue weighted by Crippen LogP contribution is -2.26. The van der Waals surface area contributed by atoms with Crippen molar-refractivity contribution in [1.29, 1.82) is 0 Å². The minimum absolute atomic E-state index is 0.0603. The number of nitrogens with zero attached hydrogens (tertiary/aromatic N) is 2. The molecular weight excluding hydrogens is 390 g/mol. The molecule has 1 aromatic heterocycles. The van der Waals surface area contributed by atoms with Crippen molar-refractivity contribution in [2.24, 2.45) is 5.92 Å². The van der Waals surface area contributed by atoms with E-state index in [0.717, 1.165) is 10.6 Å². The van der Waals surface area contributed by atoms with E-state index < -0.39 is 0 Å². The average molecular weight is 414 g/mol. The second-order valence-corrected chi connectivity index (χ2v) is 8.61. The van der Waals surface area contributed by atoms with E-state index in [9.17, 15) is 9.59 Å². The van der Waals surface area contributed by atoms with Crippen molar-refractivity contribution in [2.45, 2.75) is 30.4 Å². The number of benzene rings is 2. The number of aromatic nitrogens is 2. The summed E-state index contributed by atoms with van der Waals surface area (Å²) in [5.41, 5.74) is 1.36. The lowest BCUT2D eigenvalue weighted by atomic mass is 10.2. The number of fused-ring (bicyclic) bond motifs is 1. The van der Waals surface area contributed by atoms with Gasteiger partial charge in [0.25, 0.3) is 5.56 Å². The van der Waals surface area contributed by atoms with Crippen molar-refractivity contribution in [1.82, 2.24) is 9.55 Å². The molecule has 7 heteroatoms. The summed E-state index contributed by atoms with van der Waals surface area (Å²) >= 11 is 2.92. The van der Waals surface area contributed by atoms with Gasteiger partial charge in [0, 0.05) is 17.1 Å². The molecule has 5 nitrogen and oxygen atoms in total. The largest absolute Gasteiger partial charge is 0.325 e. The van der Waals surface area contributed by atoms with Gasteiger partial charge in [-0.3, -0.25) is 14.2 Å². The molecule has 146 valence electrons. The highest BCUT2D eigenvalue weighted by Gasteiger charge is 2.14. The van der Waals surface area contributed by atoms with Gasteiger partial charge in [0.15, 0.2) is 5.16 Å². The van der Waals surface area contributed by atoms with Gasteiger partial charge in [-0.15, -0.1) is 11.8 Å². The van der Waals surface area contributed by atoms with Crippen LogP contribution in [0.15, 0.2) is 63.4 Å². The number of hydrogen-bond donors (Lipinski definition) is 1. The molecule has 1 heterocycles. The van der Waals surface area contributed by atoms with Crippen LogP contribution < -0.4 is 10.9 Å². The SMILES string of the molecule is CSc1cccc(NC(=O)CSc2nc3ccccc3c(=O)n2CC(C)C)c1. The molecule has 0 aliphatic rings. The van der Waals surface area contributed by atoms with Gasteiger partial charge in [0.1, 0.15) is 0 Å². The van der Waals surface area contributed by atoms with Crippen molar-refractivity contribution in [3.8, 4) is 0 Å². The van der Waals surface area contributed by atoms with Crippen molar-refractivity contribution < 1.29 is 4.79 Å². The number of thioether (sulfide) groups is 2. The third kappa shape index (κ3) is 4.97. The first-order valence-electron chi connectivity index (χ1n) is 9.04. The fourth-order valence-corrected chi connectivity index (χ4v) is 4.08. The Hall–Kier alpha value is -2.25. The first kappa shape index (κ1) is 20.5. The zero-order chi connectivity index (χ0) is 20.1. The number of rotatable bonds is 7. The van der Waals surface area contributed by atoms with E-state index in [0.29, 0.717) is 28.5 Å². The maximum Gasteiger partial charge on any atom is 0.262 e. The molecule has 3 rings (SSSR count). The topological polar surface area (TPSA) is 64.0 Å². The van der Waals surface area contributed by atoms with Gasteiger partial charge in [-0.2, -0.15) is 0 Å². The Kier molecular flexibility index (Phi) is 6.80. The molecule has 0 unspecified atom stereocenters.